The van der Waals surface area contributed by atoms with Crippen LogP contribution in [-0.2, 0) is 11.3 Å². The van der Waals surface area contributed by atoms with Crippen LogP contribution in [0.1, 0.15) is 5.56 Å². The van der Waals surface area contributed by atoms with Crippen LogP contribution >= 0.6 is 15.9 Å². The van der Waals surface area contributed by atoms with Crippen LogP contribution in [-0.4, -0.2) is 33.5 Å². The first-order chi connectivity index (χ1) is 9.08. The van der Waals surface area contributed by atoms with E-state index in [1.165, 1.54) is 0 Å². The minimum Gasteiger partial charge on any atom is -0.493 e. The van der Waals surface area contributed by atoms with Crippen LogP contribution in [0.25, 0.3) is 0 Å². The zero-order chi connectivity index (χ0) is 14.3. The predicted octanol–water partition coefficient (Wildman–Crippen LogP) is 1.65. The Morgan fingerprint density at radius 1 is 1.37 bits per heavy atom. The zero-order valence-electron chi connectivity index (χ0n) is 10.9. The third-order valence-corrected chi connectivity index (χ3v) is 2.93. The fourth-order valence-electron chi connectivity index (χ4n) is 1.53. The van der Waals surface area contributed by atoms with E-state index < -0.39 is 6.09 Å². The van der Waals surface area contributed by atoms with Crippen molar-refractivity contribution in [2.75, 3.05) is 27.4 Å². The molecule has 0 aliphatic carbocycles. The molecule has 1 rings (SSSR count). The molecule has 0 spiro atoms. The Balaban J connectivity index is 2.55. The Morgan fingerprint density at radius 2 is 2.11 bits per heavy atom. The summed E-state index contributed by atoms with van der Waals surface area (Å²) >= 11 is 3.42. The van der Waals surface area contributed by atoms with Crippen LogP contribution in [0.5, 0.6) is 11.5 Å². The van der Waals surface area contributed by atoms with Gasteiger partial charge in [0.05, 0.1) is 18.7 Å². The van der Waals surface area contributed by atoms with Crippen LogP contribution in [0.4, 0.5) is 4.79 Å². The van der Waals surface area contributed by atoms with Crippen LogP contribution < -0.4 is 20.5 Å². The number of amides is 1. The van der Waals surface area contributed by atoms with Gasteiger partial charge in [-0.3, -0.25) is 0 Å². The molecule has 7 heteroatoms. The highest BCUT2D eigenvalue weighted by molar-refractivity contribution is 9.10. The van der Waals surface area contributed by atoms with Crippen molar-refractivity contribution < 1.29 is 19.0 Å². The number of ether oxygens (including phenoxy) is 3. The summed E-state index contributed by atoms with van der Waals surface area (Å²) in [6.07, 6.45) is -0.768. The van der Waals surface area contributed by atoms with Gasteiger partial charge in [-0.25, -0.2) is 4.79 Å². The molecule has 0 aliphatic rings. The van der Waals surface area contributed by atoms with Gasteiger partial charge in [-0.2, -0.15) is 0 Å². The number of benzene rings is 1. The second kappa shape index (κ2) is 7.85. The van der Waals surface area contributed by atoms with E-state index in [0.29, 0.717) is 24.6 Å². The van der Waals surface area contributed by atoms with Crippen molar-refractivity contribution in [1.29, 1.82) is 0 Å². The summed E-state index contributed by atoms with van der Waals surface area (Å²) in [7, 11) is 3.17. The molecule has 106 valence electrons. The Bertz CT molecular complexity index is 440. The standard InChI is InChI=1S/C12H17BrN2O4/c1-17-10-6-8(5-9(13)11(10)18-2)7-15-3-4-19-12(14)16/h5-6,15H,3-4,7H2,1-2H3,(H2,14,16). The number of nitrogens with two attached hydrogens (primary N) is 1. The van der Waals surface area contributed by atoms with Crippen molar-refractivity contribution in [2.24, 2.45) is 5.73 Å². The zero-order valence-corrected chi connectivity index (χ0v) is 12.5. The quantitative estimate of drug-likeness (QED) is 0.742. The second-order valence-corrected chi connectivity index (χ2v) is 4.51. The van der Waals surface area contributed by atoms with E-state index >= 15 is 0 Å². The van der Waals surface area contributed by atoms with Crippen molar-refractivity contribution in [3.63, 3.8) is 0 Å². The molecule has 0 saturated carbocycles. The SMILES string of the molecule is COc1cc(CNCCOC(N)=O)cc(Br)c1OC. The summed E-state index contributed by atoms with van der Waals surface area (Å²) in [6, 6.07) is 3.81. The molecule has 0 atom stereocenters. The van der Waals surface area contributed by atoms with Gasteiger partial charge in [0.2, 0.25) is 0 Å². The molecule has 0 saturated heterocycles. The molecule has 19 heavy (non-hydrogen) atoms. The topological polar surface area (TPSA) is 82.8 Å². The van der Waals surface area contributed by atoms with Crippen LogP contribution in [0.15, 0.2) is 16.6 Å². The van der Waals surface area contributed by atoms with Crippen molar-refractivity contribution >= 4 is 22.0 Å². The molecule has 3 N–H and O–H groups in total. The maximum Gasteiger partial charge on any atom is 0.404 e. The Kier molecular flexibility index (Phi) is 6.44. The van der Waals surface area contributed by atoms with Gasteiger partial charge in [0.25, 0.3) is 0 Å². The lowest BCUT2D eigenvalue weighted by atomic mass is 10.2. The fourth-order valence-corrected chi connectivity index (χ4v) is 2.18. The molecule has 0 aromatic heterocycles. The molecule has 6 nitrogen and oxygen atoms in total. The smallest absolute Gasteiger partial charge is 0.404 e. The normalized spacial score (nSPS) is 10.1. The molecule has 0 bridgehead atoms. The van der Waals surface area contributed by atoms with Crippen molar-refractivity contribution in [3.05, 3.63) is 22.2 Å². The molecule has 1 aromatic rings. The van der Waals surface area contributed by atoms with Gasteiger partial charge < -0.3 is 25.3 Å². The number of carbonyl (C=O) groups is 1. The first kappa shape index (κ1) is 15.6. The highest BCUT2D eigenvalue weighted by atomic mass is 79.9. The molecule has 0 fully saturated rings. The second-order valence-electron chi connectivity index (χ2n) is 3.66. The lowest BCUT2D eigenvalue weighted by molar-refractivity contribution is 0.157. The average molecular weight is 333 g/mol. The molecular weight excluding hydrogens is 316 g/mol. The molecule has 0 radical (unpaired) electrons. The lowest BCUT2D eigenvalue weighted by Crippen LogP contribution is -2.23. The van der Waals surface area contributed by atoms with E-state index in [-0.39, 0.29) is 6.61 Å². The Labute approximate surface area is 120 Å². The van der Waals surface area contributed by atoms with Gasteiger partial charge in [0, 0.05) is 13.1 Å². The number of primary amides is 1. The third kappa shape index (κ3) is 4.96. The predicted molar refractivity (Wildman–Crippen MR) is 74.5 cm³/mol. The largest absolute Gasteiger partial charge is 0.493 e. The molecule has 0 heterocycles. The first-order valence-electron chi connectivity index (χ1n) is 5.61. The summed E-state index contributed by atoms with van der Waals surface area (Å²) in [4.78, 5) is 10.4. The van der Waals surface area contributed by atoms with Gasteiger partial charge in [0.15, 0.2) is 11.5 Å². The fraction of sp³-hybridized carbons (Fsp3) is 0.417. The summed E-state index contributed by atoms with van der Waals surface area (Å²) in [6.45, 7) is 1.37. The minimum absolute atomic E-state index is 0.240. The van der Waals surface area contributed by atoms with E-state index in [1.54, 1.807) is 14.2 Å². The minimum atomic E-state index is -0.768. The van der Waals surface area contributed by atoms with Crippen molar-refractivity contribution in [1.82, 2.24) is 5.32 Å². The highest BCUT2D eigenvalue weighted by Gasteiger charge is 2.10. The van der Waals surface area contributed by atoms with E-state index in [4.69, 9.17) is 15.2 Å². The van der Waals surface area contributed by atoms with Crippen LogP contribution in [0.3, 0.4) is 0 Å². The summed E-state index contributed by atoms with van der Waals surface area (Å²) in [5.74, 6) is 1.31. The van der Waals surface area contributed by atoms with Gasteiger partial charge in [-0.05, 0) is 33.6 Å². The molecular formula is C12H17BrN2O4. The van der Waals surface area contributed by atoms with Crippen LogP contribution in [0, 0.1) is 0 Å². The molecule has 0 aliphatic heterocycles. The van der Waals surface area contributed by atoms with E-state index in [2.05, 4.69) is 26.0 Å². The summed E-state index contributed by atoms with van der Waals surface area (Å²) in [5.41, 5.74) is 5.87. The number of nitrogens with one attached hydrogen (secondary N) is 1. The Hall–Kier alpha value is -1.47. The van der Waals surface area contributed by atoms with Gasteiger partial charge in [0.1, 0.15) is 6.61 Å². The molecule has 0 unspecified atom stereocenters. The average Bonchev–Trinajstić information content (AvgIpc) is 2.37. The maximum atomic E-state index is 10.4. The first-order valence-corrected chi connectivity index (χ1v) is 6.41. The summed E-state index contributed by atoms with van der Waals surface area (Å²) in [5, 5.41) is 3.12. The van der Waals surface area contributed by atoms with Gasteiger partial charge in [-0.1, -0.05) is 0 Å². The number of methoxy groups -OCH3 is 2. The number of hydrogen-bond acceptors (Lipinski definition) is 5. The number of carbonyl (C=O) groups excluding carboxylic acids is 1. The van der Waals surface area contributed by atoms with Crippen molar-refractivity contribution in [3.8, 4) is 11.5 Å². The Morgan fingerprint density at radius 3 is 2.68 bits per heavy atom. The molecule has 1 amide bonds. The summed E-state index contributed by atoms with van der Waals surface area (Å²) < 4.78 is 15.9. The third-order valence-electron chi connectivity index (χ3n) is 2.35. The van der Waals surface area contributed by atoms with Gasteiger partial charge >= 0.3 is 6.09 Å². The lowest BCUT2D eigenvalue weighted by Gasteiger charge is -2.12. The van der Waals surface area contributed by atoms with Crippen LogP contribution in [0.2, 0.25) is 0 Å². The van der Waals surface area contributed by atoms with E-state index in [0.717, 1.165) is 10.0 Å². The van der Waals surface area contributed by atoms with Gasteiger partial charge in [-0.15, -0.1) is 0 Å². The van der Waals surface area contributed by atoms with E-state index in [1.807, 2.05) is 12.1 Å². The monoisotopic (exact) mass is 332 g/mol. The van der Waals surface area contributed by atoms with Crippen molar-refractivity contribution in [2.45, 2.75) is 6.54 Å². The number of hydrogen-bond donors (Lipinski definition) is 2. The highest BCUT2D eigenvalue weighted by Crippen LogP contribution is 2.36. The molecule has 1 aromatic carbocycles. The number of halogens is 1. The maximum absolute atomic E-state index is 10.4. The van der Waals surface area contributed by atoms with E-state index in [9.17, 15) is 4.79 Å². The number of rotatable bonds is 7.